The van der Waals surface area contributed by atoms with E-state index in [0.717, 1.165) is 5.56 Å². The molecule has 0 radical (unpaired) electrons. The maximum Gasteiger partial charge on any atom is 0.255 e. The summed E-state index contributed by atoms with van der Waals surface area (Å²) in [6.07, 6.45) is 1.07. The SMILES string of the molecule is NC(=O)COc1ccc(C(=O)N[C@H](c2ccccc2)C2CC(O)C2)cc1. The van der Waals surface area contributed by atoms with Crippen LogP contribution in [0, 0.1) is 5.92 Å². The van der Waals surface area contributed by atoms with Gasteiger partial charge in [-0.3, -0.25) is 9.59 Å². The molecule has 2 aromatic rings. The molecule has 6 heteroatoms. The van der Waals surface area contributed by atoms with Crippen molar-refractivity contribution >= 4 is 11.8 Å². The van der Waals surface area contributed by atoms with Gasteiger partial charge < -0.3 is 20.9 Å². The molecule has 26 heavy (non-hydrogen) atoms. The summed E-state index contributed by atoms with van der Waals surface area (Å²) in [5.41, 5.74) is 6.56. The Bertz CT molecular complexity index is 755. The number of hydrogen-bond acceptors (Lipinski definition) is 4. The summed E-state index contributed by atoms with van der Waals surface area (Å²) in [5, 5.41) is 12.7. The molecule has 3 rings (SSSR count). The Kier molecular flexibility index (Phi) is 5.53. The first kappa shape index (κ1) is 17.9. The summed E-state index contributed by atoms with van der Waals surface area (Å²) in [4.78, 5) is 23.4. The van der Waals surface area contributed by atoms with Crippen LogP contribution in [-0.2, 0) is 4.79 Å². The molecule has 1 aliphatic carbocycles. The predicted molar refractivity (Wildman–Crippen MR) is 96.5 cm³/mol. The lowest BCUT2D eigenvalue weighted by atomic mass is 9.75. The van der Waals surface area contributed by atoms with Crippen LogP contribution in [0.5, 0.6) is 5.75 Å². The fraction of sp³-hybridized carbons (Fsp3) is 0.300. The number of hydrogen-bond donors (Lipinski definition) is 3. The molecule has 2 aromatic carbocycles. The summed E-state index contributed by atoms with van der Waals surface area (Å²) in [5.74, 6) is -0.0569. The number of amides is 2. The van der Waals surface area contributed by atoms with E-state index in [1.165, 1.54) is 0 Å². The highest BCUT2D eigenvalue weighted by atomic mass is 16.5. The van der Waals surface area contributed by atoms with Gasteiger partial charge in [0.2, 0.25) is 0 Å². The minimum absolute atomic E-state index is 0.141. The smallest absolute Gasteiger partial charge is 0.255 e. The maximum atomic E-state index is 12.6. The van der Waals surface area contributed by atoms with Crippen molar-refractivity contribution in [3.8, 4) is 5.75 Å². The van der Waals surface area contributed by atoms with Gasteiger partial charge in [-0.05, 0) is 48.6 Å². The van der Waals surface area contributed by atoms with Crippen molar-refractivity contribution in [2.75, 3.05) is 6.61 Å². The van der Waals surface area contributed by atoms with Crippen LogP contribution in [0.15, 0.2) is 54.6 Å². The minimum Gasteiger partial charge on any atom is -0.484 e. The van der Waals surface area contributed by atoms with Gasteiger partial charge in [0.05, 0.1) is 12.1 Å². The molecule has 1 saturated carbocycles. The summed E-state index contributed by atoms with van der Waals surface area (Å²) >= 11 is 0. The van der Waals surface area contributed by atoms with Crippen molar-refractivity contribution in [3.63, 3.8) is 0 Å². The monoisotopic (exact) mass is 354 g/mol. The van der Waals surface area contributed by atoms with Crippen LogP contribution in [0.3, 0.4) is 0 Å². The number of nitrogens with one attached hydrogen (secondary N) is 1. The molecule has 0 heterocycles. The van der Waals surface area contributed by atoms with E-state index in [1.807, 2.05) is 30.3 Å². The highest BCUT2D eigenvalue weighted by Gasteiger charge is 2.35. The fourth-order valence-corrected chi connectivity index (χ4v) is 3.12. The molecule has 0 spiro atoms. The summed E-state index contributed by atoms with van der Waals surface area (Å²) in [7, 11) is 0. The molecule has 1 aliphatic rings. The van der Waals surface area contributed by atoms with Gasteiger partial charge in [0.25, 0.3) is 11.8 Å². The third-order valence-electron chi connectivity index (χ3n) is 4.56. The summed E-state index contributed by atoms with van der Waals surface area (Å²) < 4.78 is 5.20. The van der Waals surface area contributed by atoms with Gasteiger partial charge in [-0.25, -0.2) is 0 Å². The standard InChI is InChI=1S/C20H22N2O4/c21-18(24)12-26-17-8-6-14(7-9-17)20(25)22-19(15-10-16(23)11-15)13-4-2-1-3-5-13/h1-9,15-16,19,23H,10-12H2,(H2,21,24)(H,22,25)/t15?,16?,19-/m1/s1. The second-order valence-corrected chi connectivity index (χ2v) is 6.53. The summed E-state index contributed by atoms with van der Waals surface area (Å²) in [6.45, 7) is -0.203. The first-order chi connectivity index (χ1) is 12.5. The Labute approximate surface area is 152 Å². The minimum atomic E-state index is -0.555. The van der Waals surface area contributed by atoms with Crippen molar-refractivity contribution in [2.45, 2.75) is 25.0 Å². The molecule has 136 valence electrons. The molecule has 0 aliphatic heterocycles. The van der Waals surface area contributed by atoms with E-state index >= 15 is 0 Å². The van der Waals surface area contributed by atoms with E-state index in [1.54, 1.807) is 24.3 Å². The lowest BCUT2D eigenvalue weighted by molar-refractivity contribution is -0.119. The van der Waals surface area contributed by atoms with Crippen LogP contribution in [0.25, 0.3) is 0 Å². The molecule has 0 bridgehead atoms. The molecular formula is C20H22N2O4. The lowest BCUT2D eigenvalue weighted by Gasteiger charge is -2.38. The molecule has 2 amide bonds. The largest absolute Gasteiger partial charge is 0.484 e. The number of aliphatic hydroxyl groups excluding tert-OH is 1. The number of nitrogens with two attached hydrogens (primary N) is 1. The van der Waals surface area contributed by atoms with Crippen LogP contribution in [-0.4, -0.2) is 29.6 Å². The molecule has 1 fully saturated rings. The lowest BCUT2D eigenvalue weighted by Crippen LogP contribution is -2.41. The first-order valence-corrected chi connectivity index (χ1v) is 8.58. The Morgan fingerprint density at radius 2 is 1.77 bits per heavy atom. The highest BCUT2D eigenvalue weighted by molar-refractivity contribution is 5.94. The summed E-state index contributed by atoms with van der Waals surface area (Å²) in [6, 6.07) is 16.2. The number of primary amides is 1. The second kappa shape index (κ2) is 8.01. The van der Waals surface area contributed by atoms with E-state index < -0.39 is 5.91 Å². The van der Waals surface area contributed by atoms with Crippen molar-refractivity contribution in [1.82, 2.24) is 5.32 Å². The van der Waals surface area contributed by atoms with Crippen LogP contribution in [0.1, 0.15) is 34.8 Å². The first-order valence-electron chi connectivity index (χ1n) is 8.58. The second-order valence-electron chi connectivity index (χ2n) is 6.53. The molecular weight excluding hydrogens is 332 g/mol. The molecule has 1 atom stereocenters. The van der Waals surface area contributed by atoms with Gasteiger partial charge in [0.15, 0.2) is 6.61 Å². The van der Waals surface area contributed by atoms with E-state index in [4.69, 9.17) is 10.5 Å². The van der Waals surface area contributed by atoms with Gasteiger partial charge in [-0.2, -0.15) is 0 Å². The molecule has 6 nitrogen and oxygen atoms in total. The third-order valence-corrected chi connectivity index (χ3v) is 4.56. The fourth-order valence-electron chi connectivity index (χ4n) is 3.12. The predicted octanol–water partition coefficient (Wildman–Crippen LogP) is 1.79. The number of carbonyl (C=O) groups excluding carboxylic acids is 2. The number of aliphatic hydroxyl groups is 1. The normalized spacial score (nSPS) is 19.9. The number of rotatable bonds is 7. The Morgan fingerprint density at radius 3 is 2.35 bits per heavy atom. The van der Waals surface area contributed by atoms with Crippen LogP contribution < -0.4 is 15.8 Å². The molecule has 0 saturated heterocycles. The van der Waals surface area contributed by atoms with Crippen molar-refractivity contribution in [3.05, 3.63) is 65.7 Å². The average Bonchev–Trinajstić information content (AvgIpc) is 2.63. The van der Waals surface area contributed by atoms with E-state index in [-0.39, 0.29) is 30.6 Å². The van der Waals surface area contributed by atoms with Gasteiger partial charge in [-0.15, -0.1) is 0 Å². The van der Waals surface area contributed by atoms with Gasteiger partial charge >= 0.3 is 0 Å². The Balaban J connectivity index is 1.68. The Morgan fingerprint density at radius 1 is 1.12 bits per heavy atom. The maximum absolute atomic E-state index is 12.6. The zero-order valence-corrected chi connectivity index (χ0v) is 14.3. The third kappa shape index (κ3) is 4.40. The van der Waals surface area contributed by atoms with Crippen molar-refractivity contribution in [1.29, 1.82) is 0 Å². The molecule has 4 N–H and O–H groups in total. The number of carbonyl (C=O) groups is 2. The van der Waals surface area contributed by atoms with Gasteiger partial charge in [-0.1, -0.05) is 30.3 Å². The molecule has 0 unspecified atom stereocenters. The highest BCUT2D eigenvalue weighted by Crippen LogP contribution is 2.38. The van der Waals surface area contributed by atoms with Crippen LogP contribution in [0.4, 0.5) is 0 Å². The van der Waals surface area contributed by atoms with E-state index in [9.17, 15) is 14.7 Å². The number of ether oxygens (including phenoxy) is 1. The van der Waals surface area contributed by atoms with E-state index in [0.29, 0.717) is 24.2 Å². The van der Waals surface area contributed by atoms with Gasteiger partial charge in [0, 0.05) is 5.56 Å². The van der Waals surface area contributed by atoms with Crippen molar-refractivity contribution in [2.24, 2.45) is 11.7 Å². The number of benzene rings is 2. The topological polar surface area (TPSA) is 102 Å². The van der Waals surface area contributed by atoms with Crippen LogP contribution in [0.2, 0.25) is 0 Å². The van der Waals surface area contributed by atoms with Crippen molar-refractivity contribution < 1.29 is 19.4 Å². The average molecular weight is 354 g/mol. The van der Waals surface area contributed by atoms with E-state index in [2.05, 4.69) is 5.32 Å². The zero-order chi connectivity index (χ0) is 18.5. The quantitative estimate of drug-likeness (QED) is 0.705. The van der Waals surface area contributed by atoms with Gasteiger partial charge in [0.1, 0.15) is 5.75 Å². The zero-order valence-electron chi connectivity index (χ0n) is 14.3. The Hall–Kier alpha value is -2.86. The molecule has 0 aromatic heterocycles. The van der Waals surface area contributed by atoms with Crippen LogP contribution >= 0.6 is 0 Å².